The van der Waals surface area contributed by atoms with Gasteiger partial charge in [-0.15, -0.1) is 11.8 Å². The fraction of sp³-hybridized carbons (Fsp3) is 0.176. The molecule has 0 saturated heterocycles. The Morgan fingerprint density at radius 3 is 2.88 bits per heavy atom. The van der Waals surface area contributed by atoms with Crippen LogP contribution in [0.5, 0.6) is 0 Å². The topological polar surface area (TPSA) is 111 Å². The van der Waals surface area contributed by atoms with Crippen LogP contribution in [0.25, 0.3) is 11.4 Å². The molecule has 0 radical (unpaired) electrons. The molecule has 2 amide bonds. The molecule has 134 valence electrons. The first-order valence-corrected chi connectivity index (χ1v) is 9.70. The summed E-state index contributed by atoms with van der Waals surface area (Å²) in [6, 6.07) is 9.17. The van der Waals surface area contributed by atoms with E-state index in [1.165, 1.54) is 11.8 Å². The lowest BCUT2D eigenvalue weighted by molar-refractivity contribution is -0.116. The van der Waals surface area contributed by atoms with E-state index in [2.05, 4.69) is 15.5 Å². The number of nitrogens with one attached hydrogen (secondary N) is 1. The zero-order valence-corrected chi connectivity index (χ0v) is 15.3. The third-order valence-corrected chi connectivity index (χ3v) is 5.12. The van der Waals surface area contributed by atoms with Crippen LogP contribution in [0.4, 0.5) is 5.69 Å². The molecule has 0 bridgehead atoms. The maximum atomic E-state index is 12.2. The van der Waals surface area contributed by atoms with Gasteiger partial charge in [0.05, 0.1) is 11.4 Å². The normalized spacial score (nSPS) is 10.6. The van der Waals surface area contributed by atoms with Crippen molar-refractivity contribution in [2.24, 2.45) is 5.73 Å². The summed E-state index contributed by atoms with van der Waals surface area (Å²) in [5, 5.41) is 10.6. The summed E-state index contributed by atoms with van der Waals surface area (Å²) in [6.45, 7) is 0. The second kappa shape index (κ2) is 8.63. The molecule has 26 heavy (non-hydrogen) atoms. The molecule has 1 aromatic carbocycles. The highest BCUT2D eigenvalue weighted by molar-refractivity contribution is 8.00. The average Bonchev–Trinajstić information content (AvgIpc) is 3.30. The fourth-order valence-corrected chi connectivity index (χ4v) is 3.52. The van der Waals surface area contributed by atoms with Gasteiger partial charge in [0, 0.05) is 28.7 Å². The number of para-hydroxylation sites is 1. The Morgan fingerprint density at radius 2 is 2.12 bits per heavy atom. The highest BCUT2D eigenvalue weighted by Gasteiger charge is 2.12. The fourth-order valence-electron chi connectivity index (χ4n) is 2.14. The quantitative estimate of drug-likeness (QED) is 0.574. The van der Waals surface area contributed by atoms with Gasteiger partial charge in [-0.05, 0) is 23.6 Å². The lowest BCUT2D eigenvalue weighted by atomic mass is 10.2. The standard InChI is InChI=1S/C17H16N4O3S2/c18-14(22)10-26-13-4-2-1-3-12(13)19-15(23)5-6-16-20-17(21-24-16)11-7-8-25-9-11/h1-4,7-9H,5-6,10H2,(H2,18,22)(H,19,23). The smallest absolute Gasteiger partial charge is 0.227 e. The van der Waals surface area contributed by atoms with E-state index in [-0.39, 0.29) is 18.1 Å². The number of carbonyl (C=O) groups is 2. The van der Waals surface area contributed by atoms with Crippen LogP contribution in [-0.4, -0.2) is 27.7 Å². The number of thiophene rings is 1. The van der Waals surface area contributed by atoms with E-state index in [0.717, 1.165) is 10.5 Å². The van der Waals surface area contributed by atoms with E-state index >= 15 is 0 Å². The molecule has 0 fully saturated rings. The summed E-state index contributed by atoms with van der Waals surface area (Å²) in [5.74, 6) is 0.509. The Balaban J connectivity index is 1.55. The molecule has 3 aromatic rings. The molecular formula is C17H16N4O3S2. The van der Waals surface area contributed by atoms with Gasteiger partial charge in [0.1, 0.15) is 0 Å². The van der Waals surface area contributed by atoms with Gasteiger partial charge in [0.2, 0.25) is 23.5 Å². The zero-order valence-electron chi connectivity index (χ0n) is 13.7. The second-order valence-corrected chi connectivity index (χ2v) is 7.12. The number of rotatable bonds is 8. The molecule has 2 heterocycles. The highest BCUT2D eigenvalue weighted by Crippen LogP contribution is 2.27. The summed E-state index contributed by atoms with van der Waals surface area (Å²) in [6.07, 6.45) is 0.555. The monoisotopic (exact) mass is 388 g/mol. The number of aryl methyl sites for hydroxylation is 1. The Bertz CT molecular complexity index is 893. The lowest BCUT2D eigenvalue weighted by Crippen LogP contribution is -2.15. The van der Waals surface area contributed by atoms with Gasteiger partial charge in [-0.3, -0.25) is 9.59 Å². The number of benzene rings is 1. The van der Waals surface area contributed by atoms with E-state index in [9.17, 15) is 9.59 Å². The van der Waals surface area contributed by atoms with Crippen molar-refractivity contribution in [2.45, 2.75) is 17.7 Å². The number of nitrogens with two attached hydrogens (primary N) is 1. The molecule has 7 nitrogen and oxygen atoms in total. The number of carbonyl (C=O) groups excluding carboxylic acids is 2. The zero-order chi connectivity index (χ0) is 18.4. The minimum absolute atomic E-state index is 0.153. The van der Waals surface area contributed by atoms with Crippen LogP contribution in [0.15, 0.2) is 50.5 Å². The molecular weight excluding hydrogens is 372 g/mol. The minimum atomic E-state index is -0.408. The van der Waals surface area contributed by atoms with Crippen LogP contribution in [-0.2, 0) is 16.0 Å². The van der Waals surface area contributed by atoms with Gasteiger partial charge in [0.15, 0.2) is 0 Å². The summed E-state index contributed by atoms with van der Waals surface area (Å²) in [4.78, 5) is 28.2. The van der Waals surface area contributed by atoms with Crippen LogP contribution in [0.1, 0.15) is 12.3 Å². The Morgan fingerprint density at radius 1 is 1.27 bits per heavy atom. The molecule has 0 saturated carbocycles. The molecule has 0 unspecified atom stereocenters. The Kier molecular flexibility index (Phi) is 6.03. The number of thioether (sulfide) groups is 1. The van der Waals surface area contributed by atoms with Crippen molar-refractivity contribution >= 4 is 40.6 Å². The van der Waals surface area contributed by atoms with Crippen LogP contribution < -0.4 is 11.1 Å². The SMILES string of the molecule is NC(=O)CSc1ccccc1NC(=O)CCc1nc(-c2ccsc2)no1. The number of hydrogen-bond acceptors (Lipinski definition) is 7. The number of amides is 2. The third-order valence-electron chi connectivity index (χ3n) is 3.34. The summed E-state index contributed by atoms with van der Waals surface area (Å²) in [7, 11) is 0. The summed E-state index contributed by atoms with van der Waals surface area (Å²) in [5.41, 5.74) is 6.72. The van der Waals surface area contributed by atoms with Crippen molar-refractivity contribution in [1.82, 2.24) is 10.1 Å². The number of aromatic nitrogens is 2. The Labute approximate surface area is 158 Å². The molecule has 9 heteroatoms. The first-order valence-electron chi connectivity index (χ1n) is 7.77. The molecule has 0 aliphatic carbocycles. The van der Waals surface area contributed by atoms with Crippen molar-refractivity contribution in [3.63, 3.8) is 0 Å². The first kappa shape index (κ1) is 18.2. The maximum Gasteiger partial charge on any atom is 0.227 e. The van der Waals surface area contributed by atoms with Crippen LogP contribution in [0.2, 0.25) is 0 Å². The van der Waals surface area contributed by atoms with E-state index in [1.807, 2.05) is 35.0 Å². The second-order valence-electron chi connectivity index (χ2n) is 5.32. The van der Waals surface area contributed by atoms with Crippen molar-refractivity contribution in [1.29, 1.82) is 0 Å². The predicted octanol–water partition coefficient (Wildman–Crippen LogP) is 2.95. The molecule has 0 aliphatic heterocycles. The number of anilines is 1. The van der Waals surface area contributed by atoms with Crippen molar-refractivity contribution < 1.29 is 14.1 Å². The number of nitrogens with zero attached hydrogens (tertiary/aromatic N) is 2. The van der Waals surface area contributed by atoms with Gasteiger partial charge in [-0.1, -0.05) is 17.3 Å². The maximum absolute atomic E-state index is 12.2. The summed E-state index contributed by atoms with van der Waals surface area (Å²) < 4.78 is 5.19. The minimum Gasteiger partial charge on any atom is -0.369 e. The average molecular weight is 388 g/mol. The van der Waals surface area contributed by atoms with Crippen molar-refractivity contribution in [2.75, 3.05) is 11.1 Å². The van der Waals surface area contributed by atoms with Gasteiger partial charge < -0.3 is 15.6 Å². The third kappa shape index (κ3) is 4.93. The highest BCUT2D eigenvalue weighted by atomic mass is 32.2. The van der Waals surface area contributed by atoms with Gasteiger partial charge in [0.25, 0.3) is 0 Å². The van der Waals surface area contributed by atoms with Crippen molar-refractivity contribution in [3.05, 3.63) is 47.0 Å². The first-order chi connectivity index (χ1) is 12.6. The molecule has 3 N–H and O–H groups in total. The van der Waals surface area contributed by atoms with E-state index < -0.39 is 5.91 Å². The summed E-state index contributed by atoms with van der Waals surface area (Å²) >= 11 is 2.84. The number of hydrogen-bond donors (Lipinski definition) is 2. The van der Waals surface area contributed by atoms with Gasteiger partial charge >= 0.3 is 0 Å². The molecule has 0 atom stereocenters. The van der Waals surface area contributed by atoms with E-state index in [1.54, 1.807) is 17.4 Å². The van der Waals surface area contributed by atoms with Crippen LogP contribution >= 0.6 is 23.1 Å². The molecule has 0 spiro atoms. The number of primary amides is 1. The van der Waals surface area contributed by atoms with Gasteiger partial charge in [-0.2, -0.15) is 16.3 Å². The molecule has 2 aromatic heterocycles. The van der Waals surface area contributed by atoms with E-state index in [0.29, 0.717) is 23.8 Å². The predicted molar refractivity (Wildman–Crippen MR) is 101 cm³/mol. The Hall–Kier alpha value is -2.65. The van der Waals surface area contributed by atoms with E-state index in [4.69, 9.17) is 10.3 Å². The van der Waals surface area contributed by atoms with Crippen LogP contribution in [0, 0.1) is 0 Å². The molecule has 0 aliphatic rings. The van der Waals surface area contributed by atoms with Crippen LogP contribution in [0.3, 0.4) is 0 Å². The lowest BCUT2D eigenvalue weighted by Gasteiger charge is -2.09. The largest absolute Gasteiger partial charge is 0.369 e. The molecule has 3 rings (SSSR count). The van der Waals surface area contributed by atoms with Gasteiger partial charge in [-0.25, -0.2) is 0 Å². The van der Waals surface area contributed by atoms with Crippen molar-refractivity contribution in [3.8, 4) is 11.4 Å².